The van der Waals surface area contributed by atoms with E-state index in [1.54, 1.807) is 0 Å². The highest BCUT2D eigenvalue weighted by Crippen LogP contribution is 2.15. The van der Waals surface area contributed by atoms with E-state index >= 15 is 0 Å². The number of nitrogens with one attached hydrogen (secondary N) is 1. The number of amides is 1. The first kappa shape index (κ1) is 52.3. The van der Waals surface area contributed by atoms with E-state index in [1.165, 1.54) is 122 Å². The Morgan fingerprint density at radius 1 is 0.444 bits per heavy atom. The van der Waals surface area contributed by atoms with Crippen LogP contribution in [0.1, 0.15) is 219 Å². The molecule has 4 atom stereocenters. The van der Waals surface area contributed by atoms with Crippen LogP contribution >= 0.6 is 0 Å². The largest absolute Gasteiger partial charge is 0.394 e. The molecule has 0 bridgehead atoms. The van der Waals surface area contributed by atoms with Crippen molar-refractivity contribution in [2.24, 2.45) is 0 Å². The van der Waals surface area contributed by atoms with Crippen LogP contribution in [0.15, 0.2) is 48.6 Å². The lowest BCUT2D eigenvalue weighted by molar-refractivity contribution is -0.132. The summed E-state index contributed by atoms with van der Waals surface area (Å²) >= 11 is 0. The van der Waals surface area contributed by atoms with Gasteiger partial charge in [0.2, 0.25) is 5.91 Å². The van der Waals surface area contributed by atoms with Crippen LogP contribution in [0.5, 0.6) is 0 Å². The van der Waals surface area contributed by atoms with Crippen LogP contribution < -0.4 is 5.32 Å². The van der Waals surface area contributed by atoms with E-state index in [0.717, 1.165) is 64.2 Å². The third kappa shape index (κ3) is 35.9. The van der Waals surface area contributed by atoms with Crippen LogP contribution in [0.25, 0.3) is 0 Å². The topological polar surface area (TPSA) is 110 Å². The van der Waals surface area contributed by atoms with E-state index in [0.29, 0.717) is 19.3 Å². The molecule has 0 aromatic carbocycles. The number of rotatable bonds is 41. The van der Waals surface area contributed by atoms with Crippen molar-refractivity contribution < 1.29 is 25.2 Å². The van der Waals surface area contributed by atoms with Crippen LogP contribution in [0.3, 0.4) is 0 Å². The number of unbranched alkanes of at least 4 members (excludes halogenated alkanes) is 24. The van der Waals surface area contributed by atoms with Gasteiger partial charge in [0.15, 0.2) is 0 Å². The molecule has 0 spiro atoms. The highest BCUT2D eigenvalue weighted by atomic mass is 16.3. The molecule has 0 fully saturated rings. The van der Waals surface area contributed by atoms with Gasteiger partial charge in [0.05, 0.1) is 18.8 Å². The average molecular weight is 760 g/mol. The van der Waals surface area contributed by atoms with Crippen molar-refractivity contribution in [2.45, 2.75) is 244 Å². The summed E-state index contributed by atoms with van der Waals surface area (Å²) in [5.74, 6) is -0.605. The first-order chi connectivity index (χ1) is 26.5. The lowest BCUT2D eigenvalue weighted by Crippen LogP contribution is -2.53. The fraction of sp³-hybridized carbons (Fsp3) is 0.812. The summed E-state index contributed by atoms with van der Waals surface area (Å²) in [5, 5.41) is 43.7. The number of hydrogen-bond donors (Lipinski definition) is 5. The minimum Gasteiger partial charge on any atom is -0.394 e. The number of allylic oxidation sites excluding steroid dienone is 8. The van der Waals surface area contributed by atoms with Crippen molar-refractivity contribution in [2.75, 3.05) is 6.61 Å². The van der Waals surface area contributed by atoms with E-state index in [4.69, 9.17) is 0 Å². The molecular weight excluding hydrogens is 671 g/mol. The lowest BCUT2D eigenvalue weighted by Gasteiger charge is -2.27. The molecule has 0 heterocycles. The number of carbonyl (C=O) groups excluding carboxylic acids is 1. The normalized spacial score (nSPS) is 14.6. The molecule has 0 aliphatic rings. The number of hydrogen-bond acceptors (Lipinski definition) is 5. The summed E-state index contributed by atoms with van der Waals surface area (Å²) in [5.41, 5.74) is 0. The molecule has 4 unspecified atom stereocenters. The van der Waals surface area contributed by atoms with Crippen molar-refractivity contribution in [3.05, 3.63) is 48.6 Å². The van der Waals surface area contributed by atoms with Gasteiger partial charge in [0.1, 0.15) is 12.2 Å². The van der Waals surface area contributed by atoms with Crippen molar-refractivity contribution in [1.82, 2.24) is 5.32 Å². The van der Waals surface area contributed by atoms with Crippen molar-refractivity contribution in [3.63, 3.8) is 0 Å². The monoisotopic (exact) mass is 760 g/mol. The molecule has 316 valence electrons. The van der Waals surface area contributed by atoms with Gasteiger partial charge in [-0.2, -0.15) is 0 Å². The first-order valence-corrected chi connectivity index (χ1v) is 23.0. The predicted molar refractivity (Wildman–Crippen MR) is 233 cm³/mol. The third-order valence-corrected chi connectivity index (χ3v) is 10.5. The van der Waals surface area contributed by atoms with E-state index < -0.39 is 36.9 Å². The Bertz CT molecular complexity index is 900. The zero-order valence-corrected chi connectivity index (χ0v) is 35.5. The van der Waals surface area contributed by atoms with E-state index in [1.807, 2.05) is 0 Å². The molecule has 0 saturated carbocycles. The van der Waals surface area contributed by atoms with Crippen LogP contribution in [0.4, 0.5) is 0 Å². The molecule has 6 heteroatoms. The molecule has 0 rings (SSSR count). The quantitative estimate of drug-likeness (QED) is 0.0315. The van der Waals surface area contributed by atoms with Crippen molar-refractivity contribution in [1.29, 1.82) is 0 Å². The molecule has 1 amide bonds. The average Bonchev–Trinajstić information content (AvgIpc) is 3.18. The van der Waals surface area contributed by atoms with Gasteiger partial charge in [-0.1, -0.05) is 178 Å². The zero-order valence-electron chi connectivity index (χ0n) is 35.5. The molecule has 6 nitrogen and oxygen atoms in total. The van der Waals surface area contributed by atoms with Crippen LogP contribution in [0, 0.1) is 0 Å². The van der Waals surface area contributed by atoms with E-state index in [2.05, 4.69) is 67.8 Å². The summed E-state index contributed by atoms with van der Waals surface area (Å²) in [6.45, 7) is 4.01. The second-order valence-electron chi connectivity index (χ2n) is 15.7. The maximum atomic E-state index is 12.5. The van der Waals surface area contributed by atoms with Gasteiger partial charge < -0.3 is 25.7 Å². The molecule has 5 N–H and O–H groups in total. The lowest BCUT2D eigenvalue weighted by atomic mass is 10.00. The molecule has 54 heavy (non-hydrogen) atoms. The summed E-state index contributed by atoms with van der Waals surface area (Å²) in [4.78, 5) is 12.5. The molecule has 0 aromatic heterocycles. The Hall–Kier alpha value is -1.73. The number of aliphatic hydroxyl groups is 4. The van der Waals surface area contributed by atoms with Crippen LogP contribution in [0.2, 0.25) is 0 Å². The van der Waals surface area contributed by atoms with Gasteiger partial charge in [-0.15, -0.1) is 0 Å². The fourth-order valence-corrected chi connectivity index (χ4v) is 6.78. The smallest absolute Gasteiger partial charge is 0.249 e. The van der Waals surface area contributed by atoms with Gasteiger partial charge in [0, 0.05) is 0 Å². The molecule has 0 aliphatic heterocycles. The second kappa shape index (κ2) is 42.4. The van der Waals surface area contributed by atoms with Gasteiger partial charge in [-0.3, -0.25) is 4.79 Å². The summed E-state index contributed by atoms with van der Waals surface area (Å²) in [6, 6.07) is -1.01. The summed E-state index contributed by atoms with van der Waals surface area (Å²) in [7, 11) is 0. The molecule has 0 radical (unpaired) electrons. The van der Waals surface area contributed by atoms with E-state index in [9.17, 15) is 25.2 Å². The molecular formula is C48H89NO5. The Kier molecular flexibility index (Phi) is 41.1. The predicted octanol–water partition coefficient (Wildman–Crippen LogP) is 12.3. The summed E-state index contributed by atoms with van der Waals surface area (Å²) in [6.07, 6.45) is 51.4. The second-order valence-corrected chi connectivity index (χ2v) is 15.7. The number of carbonyl (C=O) groups is 1. The first-order valence-electron chi connectivity index (χ1n) is 23.0. The third-order valence-electron chi connectivity index (χ3n) is 10.5. The maximum Gasteiger partial charge on any atom is 0.249 e. The van der Waals surface area contributed by atoms with Gasteiger partial charge >= 0.3 is 0 Å². The Labute approximate surface area is 334 Å². The molecule has 0 aliphatic carbocycles. The SMILES string of the molecule is CCCCCC/C=C/CC/C=C/CC/C=C/CCCC(O)C(O)C(CO)NC(=O)C(O)CCCCCCCC/C=C\CCCCCCCCCCCCC. The molecule has 0 aromatic rings. The Balaban J connectivity index is 3.81. The highest BCUT2D eigenvalue weighted by molar-refractivity contribution is 5.80. The zero-order chi connectivity index (χ0) is 39.6. The summed E-state index contributed by atoms with van der Waals surface area (Å²) < 4.78 is 0. The fourth-order valence-electron chi connectivity index (χ4n) is 6.78. The Morgan fingerprint density at radius 3 is 1.19 bits per heavy atom. The van der Waals surface area contributed by atoms with Crippen LogP contribution in [-0.2, 0) is 4.79 Å². The standard InChI is InChI=1S/C48H89NO5/c1-3-5-7-9-11-13-15-17-19-21-22-23-24-26-28-30-32-34-36-38-40-42-46(52)48(54)49-44(43-50)47(53)45(51)41-39-37-35-33-31-29-27-25-20-18-16-14-12-10-8-6-4-2/h14,16,24-27,33,35,44-47,50-53H,3-13,15,17-23,28-32,34,36-43H2,1-2H3,(H,49,54)/b16-14+,26-24-,27-25+,35-33+. The minimum absolute atomic E-state index is 0.350. The minimum atomic E-state index is -1.30. The van der Waals surface area contributed by atoms with Crippen molar-refractivity contribution >= 4 is 5.91 Å². The maximum absolute atomic E-state index is 12.5. The van der Waals surface area contributed by atoms with Gasteiger partial charge in [-0.25, -0.2) is 0 Å². The van der Waals surface area contributed by atoms with E-state index in [-0.39, 0.29) is 0 Å². The molecule has 0 saturated heterocycles. The van der Waals surface area contributed by atoms with Gasteiger partial charge in [-0.05, 0) is 89.9 Å². The Morgan fingerprint density at radius 2 is 0.778 bits per heavy atom. The highest BCUT2D eigenvalue weighted by Gasteiger charge is 2.28. The van der Waals surface area contributed by atoms with Crippen molar-refractivity contribution in [3.8, 4) is 0 Å². The van der Waals surface area contributed by atoms with Gasteiger partial charge in [0.25, 0.3) is 0 Å². The number of aliphatic hydroxyl groups excluding tert-OH is 4. The van der Waals surface area contributed by atoms with Crippen LogP contribution in [-0.4, -0.2) is 57.3 Å².